The summed E-state index contributed by atoms with van der Waals surface area (Å²) in [5, 5.41) is 17.7. The van der Waals surface area contributed by atoms with Gasteiger partial charge in [-0.05, 0) is 31.2 Å². The molecule has 0 radical (unpaired) electrons. The lowest BCUT2D eigenvalue weighted by molar-refractivity contribution is -0.144. The Morgan fingerprint density at radius 2 is 1.83 bits per heavy atom. The summed E-state index contributed by atoms with van der Waals surface area (Å²) in [6.45, 7) is 8.10. The molecule has 7 heteroatoms. The van der Waals surface area contributed by atoms with Gasteiger partial charge in [0.25, 0.3) is 0 Å². The number of carbonyl (C=O) groups excluding carboxylic acids is 2. The van der Waals surface area contributed by atoms with E-state index >= 15 is 0 Å². The van der Waals surface area contributed by atoms with Crippen molar-refractivity contribution in [3.8, 4) is 0 Å². The van der Waals surface area contributed by atoms with Crippen molar-refractivity contribution in [1.29, 1.82) is 0 Å². The molecule has 4 N–H and O–H groups in total. The van der Waals surface area contributed by atoms with Crippen LogP contribution in [0.1, 0.15) is 47.0 Å². The molecule has 23 heavy (non-hydrogen) atoms. The largest absolute Gasteiger partial charge is 0.480 e. The smallest absolute Gasteiger partial charge is 0.326 e. The quantitative estimate of drug-likeness (QED) is 0.519. The van der Waals surface area contributed by atoms with Crippen LogP contribution in [0.2, 0.25) is 0 Å². The van der Waals surface area contributed by atoms with Gasteiger partial charge >= 0.3 is 5.97 Å². The zero-order chi connectivity index (χ0) is 17.6. The Balaban J connectivity index is 2.73. The van der Waals surface area contributed by atoms with E-state index in [1.54, 1.807) is 6.92 Å². The lowest BCUT2D eigenvalue weighted by Crippen LogP contribution is -2.57. The Hall–Kier alpha value is -1.63. The first-order valence-electron chi connectivity index (χ1n) is 8.34. The van der Waals surface area contributed by atoms with Gasteiger partial charge in [-0.25, -0.2) is 4.79 Å². The van der Waals surface area contributed by atoms with Gasteiger partial charge in [0.05, 0.1) is 6.04 Å². The third-order valence-electron chi connectivity index (χ3n) is 4.40. The fraction of sp³-hybridized carbons (Fsp3) is 0.812. The highest BCUT2D eigenvalue weighted by Crippen LogP contribution is 2.11. The minimum absolute atomic E-state index is 0.133. The number of carboxylic acid groups (broad SMARTS) is 1. The second kappa shape index (κ2) is 8.86. The minimum atomic E-state index is -1.06. The number of hydrogen-bond acceptors (Lipinski definition) is 4. The normalized spacial score (nSPS) is 21.5. The van der Waals surface area contributed by atoms with Crippen LogP contribution in [0.25, 0.3) is 0 Å². The molecule has 4 unspecified atom stereocenters. The molecule has 0 aliphatic carbocycles. The van der Waals surface area contributed by atoms with Crippen LogP contribution in [-0.4, -0.2) is 47.6 Å². The van der Waals surface area contributed by atoms with Gasteiger partial charge in [-0.15, -0.1) is 0 Å². The summed E-state index contributed by atoms with van der Waals surface area (Å²) in [6, 6.07) is -1.96. The van der Waals surface area contributed by atoms with Gasteiger partial charge in [-0.3, -0.25) is 9.59 Å². The Morgan fingerprint density at radius 1 is 1.17 bits per heavy atom. The van der Waals surface area contributed by atoms with E-state index in [1.165, 1.54) is 0 Å². The van der Waals surface area contributed by atoms with Crippen molar-refractivity contribution in [3.05, 3.63) is 0 Å². The van der Waals surface area contributed by atoms with E-state index in [0.29, 0.717) is 6.42 Å². The van der Waals surface area contributed by atoms with Gasteiger partial charge in [0.2, 0.25) is 11.8 Å². The van der Waals surface area contributed by atoms with E-state index < -0.39 is 24.0 Å². The number of rotatable bonds is 8. The molecule has 0 bridgehead atoms. The molecule has 0 aromatic carbocycles. The molecule has 0 aromatic heterocycles. The summed E-state index contributed by atoms with van der Waals surface area (Å²) in [5.74, 6) is -2.02. The highest BCUT2D eigenvalue weighted by molar-refractivity contribution is 5.92. The average Bonchev–Trinajstić information content (AvgIpc) is 3.02. The monoisotopic (exact) mass is 327 g/mol. The second-order valence-electron chi connectivity index (χ2n) is 6.59. The molecule has 0 aromatic rings. The maximum atomic E-state index is 12.5. The topological polar surface area (TPSA) is 108 Å². The maximum absolute atomic E-state index is 12.5. The Bertz CT molecular complexity index is 433. The fourth-order valence-electron chi connectivity index (χ4n) is 2.62. The first-order chi connectivity index (χ1) is 10.8. The van der Waals surface area contributed by atoms with E-state index in [-0.39, 0.29) is 23.8 Å². The van der Waals surface area contributed by atoms with Crippen LogP contribution in [0.15, 0.2) is 0 Å². The molecule has 1 aliphatic heterocycles. The predicted octanol–water partition coefficient (Wildman–Crippen LogP) is 0.495. The third-order valence-corrected chi connectivity index (χ3v) is 4.40. The zero-order valence-corrected chi connectivity index (χ0v) is 14.4. The summed E-state index contributed by atoms with van der Waals surface area (Å²) in [6.07, 6.45) is 2.33. The molecule has 1 aliphatic rings. The molecule has 1 rings (SSSR count). The molecule has 0 spiro atoms. The molecule has 132 valence electrons. The van der Waals surface area contributed by atoms with Crippen molar-refractivity contribution in [2.75, 3.05) is 6.54 Å². The van der Waals surface area contributed by atoms with Gasteiger partial charge in [-0.1, -0.05) is 34.1 Å². The first kappa shape index (κ1) is 19.4. The molecule has 4 atom stereocenters. The number of carbonyl (C=O) groups is 3. The van der Waals surface area contributed by atoms with E-state index in [4.69, 9.17) is 0 Å². The van der Waals surface area contributed by atoms with Crippen LogP contribution < -0.4 is 16.0 Å². The molecule has 2 amide bonds. The number of nitrogens with one attached hydrogen (secondary N) is 3. The molecule has 1 heterocycles. The van der Waals surface area contributed by atoms with E-state index in [0.717, 1.165) is 19.4 Å². The van der Waals surface area contributed by atoms with E-state index in [2.05, 4.69) is 16.0 Å². The van der Waals surface area contributed by atoms with Gasteiger partial charge in [0.1, 0.15) is 12.1 Å². The van der Waals surface area contributed by atoms with E-state index in [1.807, 2.05) is 20.8 Å². The minimum Gasteiger partial charge on any atom is -0.480 e. The average molecular weight is 327 g/mol. The van der Waals surface area contributed by atoms with Gasteiger partial charge in [0.15, 0.2) is 0 Å². The second-order valence-corrected chi connectivity index (χ2v) is 6.59. The summed E-state index contributed by atoms with van der Waals surface area (Å²) < 4.78 is 0. The molecular formula is C16H29N3O4. The third kappa shape index (κ3) is 5.49. The molecule has 1 saturated heterocycles. The van der Waals surface area contributed by atoms with Crippen LogP contribution in [0.4, 0.5) is 0 Å². The van der Waals surface area contributed by atoms with Gasteiger partial charge < -0.3 is 21.1 Å². The summed E-state index contributed by atoms with van der Waals surface area (Å²) in [5.41, 5.74) is 0. The highest BCUT2D eigenvalue weighted by atomic mass is 16.4. The van der Waals surface area contributed by atoms with Crippen molar-refractivity contribution >= 4 is 17.8 Å². The number of amides is 2. The van der Waals surface area contributed by atoms with Crippen LogP contribution in [0.5, 0.6) is 0 Å². The summed E-state index contributed by atoms with van der Waals surface area (Å²) in [4.78, 5) is 36.0. The Kier molecular flexibility index (Phi) is 7.48. The van der Waals surface area contributed by atoms with Crippen molar-refractivity contribution in [2.45, 2.75) is 65.1 Å². The maximum Gasteiger partial charge on any atom is 0.326 e. The van der Waals surface area contributed by atoms with Crippen LogP contribution >= 0.6 is 0 Å². The van der Waals surface area contributed by atoms with Gasteiger partial charge in [0, 0.05) is 0 Å². The Labute approximate surface area is 137 Å². The zero-order valence-electron chi connectivity index (χ0n) is 14.4. The SMILES string of the molecule is CCC(C)C(NC(=O)C(NC(=O)C1CCCN1)C(C)C)C(=O)O. The standard InChI is InChI=1S/C16H29N3O4/c1-5-10(4)13(16(22)23)19-15(21)12(9(2)3)18-14(20)11-7-6-8-17-11/h9-13,17H,5-8H2,1-4H3,(H,18,20)(H,19,21)(H,22,23). The van der Waals surface area contributed by atoms with Crippen LogP contribution in [0.3, 0.4) is 0 Å². The number of aliphatic carboxylic acids is 1. The molecule has 1 fully saturated rings. The van der Waals surface area contributed by atoms with Crippen LogP contribution in [0, 0.1) is 11.8 Å². The Morgan fingerprint density at radius 3 is 2.26 bits per heavy atom. The molecule has 7 nitrogen and oxygen atoms in total. The van der Waals surface area contributed by atoms with Crippen molar-refractivity contribution in [2.24, 2.45) is 11.8 Å². The first-order valence-corrected chi connectivity index (χ1v) is 8.34. The fourth-order valence-corrected chi connectivity index (χ4v) is 2.62. The lowest BCUT2D eigenvalue weighted by Gasteiger charge is -2.27. The highest BCUT2D eigenvalue weighted by Gasteiger charge is 2.32. The summed E-state index contributed by atoms with van der Waals surface area (Å²) >= 11 is 0. The molecule has 0 saturated carbocycles. The summed E-state index contributed by atoms with van der Waals surface area (Å²) in [7, 11) is 0. The van der Waals surface area contributed by atoms with Crippen molar-refractivity contribution < 1.29 is 19.5 Å². The molecular weight excluding hydrogens is 298 g/mol. The van der Waals surface area contributed by atoms with Crippen molar-refractivity contribution in [3.63, 3.8) is 0 Å². The predicted molar refractivity (Wildman–Crippen MR) is 86.8 cm³/mol. The van der Waals surface area contributed by atoms with Crippen molar-refractivity contribution in [1.82, 2.24) is 16.0 Å². The van der Waals surface area contributed by atoms with Crippen LogP contribution in [-0.2, 0) is 14.4 Å². The number of carboxylic acids is 1. The van der Waals surface area contributed by atoms with E-state index in [9.17, 15) is 19.5 Å². The number of hydrogen-bond donors (Lipinski definition) is 4. The van der Waals surface area contributed by atoms with Gasteiger partial charge in [-0.2, -0.15) is 0 Å². The lowest BCUT2D eigenvalue weighted by atomic mass is 9.97.